The van der Waals surface area contributed by atoms with E-state index in [4.69, 9.17) is 4.43 Å². The molecule has 66 valence electrons. The number of rotatable bonds is 2. The van der Waals surface area contributed by atoms with Gasteiger partial charge in [0.1, 0.15) is 10.5 Å². The molecule has 0 aliphatic heterocycles. The molecule has 2 atom stereocenters. The molecule has 1 nitrogen and oxygen atoms in total. The van der Waals surface area contributed by atoms with E-state index >= 15 is 0 Å². The van der Waals surface area contributed by atoms with Crippen molar-refractivity contribution < 1.29 is 4.43 Å². The minimum Gasteiger partial charge on any atom is -0.427 e. The number of hydrogen-bond donors (Lipinski definition) is 0. The molecule has 2 heteroatoms. The van der Waals surface area contributed by atoms with Crippen molar-refractivity contribution in [3.8, 4) is 0 Å². The summed E-state index contributed by atoms with van der Waals surface area (Å²) in [6, 6.07) is 0. The normalized spacial score (nSPS) is 39.3. The Kier molecular flexibility index (Phi) is 3.13. The molecular formula is C9H20OSi. The lowest BCUT2D eigenvalue weighted by molar-refractivity contribution is 0.0663. The van der Waals surface area contributed by atoms with Crippen LogP contribution in [-0.4, -0.2) is 17.1 Å². The lowest BCUT2D eigenvalue weighted by Gasteiger charge is -2.39. The van der Waals surface area contributed by atoms with E-state index in [1.54, 1.807) is 0 Å². The van der Waals surface area contributed by atoms with E-state index in [1.165, 1.54) is 25.7 Å². The van der Waals surface area contributed by atoms with Gasteiger partial charge in [0.15, 0.2) is 0 Å². The van der Waals surface area contributed by atoms with Crippen LogP contribution in [0.25, 0.3) is 0 Å². The summed E-state index contributed by atoms with van der Waals surface area (Å²) < 4.78 is 5.39. The molecule has 1 fully saturated rings. The molecule has 0 radical (unpaired) electrons. The molecule has 0 aromatic heterocycles. The molecular weight excluding hydrogens is 152 g/mol. The fourth-order valence-corrected chi connectivity index (χ4v) is 2.78. The Hall–Kier alpha value is 0.177. The second-order valence-corrected chi connectivity index (χ2v) is 4.81. The molecule has 0 saturated heterocycles. The highest BCUT2D eigenvalue weighted by Gasteiger charge is 2.32. The Morgan fingerprint density at radius 2 is 2.27 bits per heavy atom. The highest BCUT2D eigenvalue weighted by Crippen LogP contribution is 2.40. The monoisotopic (exact) mass is 172 g/mol. The molecule has 0 aromatic carbocycles. The van der Waals surface area contributed by atoms with E-state index < -0.39 is 0 Å². The van der Waals surface area contributed by atoms with Crippen molar-refractivity contribution in [3.05, 3.63) is 0 Å². The van der Waals surface area contributed by atoms with Gasteiger partial charge in [-0.3, -0.25) is 0 Å². The molecule has 0 amide bonds. The third kappa shape index (κ3) is 2.06. The quantitative estimate of drug-likeness (QED) is 0.574. The zero-order valence-electron chi connectivity index (χ0n) is 8.02. The van der Waals surface area contributed by atoms with E-state index in [2.05, 4.69) is 13.8 Å². The first-order valence-corrected chi connectivity index (χ1v) is 5.49. The predicted octanol–water partition coefficient (Wildman–Crippen LogP) is 1.50. The van der Waals surface area contributed by atoms with Gasteiger partial charge in [-0.25, -0.2) is 0 Å². The third-order valence-electron chi connectivity index (χ3n) is 3.30. The minimum atomic E-state index is 0.500. The smallest absolute Gasteiger partial charge is 0.145 e. The van der Waals surface area contributed by atoms with Crippen LogP contribution in [0.1, 0.15) is 39.5 Å². The topological polar surface area (TPSA) is 9.23 Å². The summed E-state index contributed by atoms with van der Waals surface area (Å²) in [6.45, 7) is 5.76. The first kappa shape index (κ1) is 9.27. The maximum atomic E-state index is 5.39. The molecule has 1 saturated carbocycles. The van der Waals surface area contributed by atoms with Crippen LogP contribution >= 0.6 is 0 Å². The minimum absolute atomic E-state index is 0.500. The highest BCUT2D eigenvalue weighted by molar-refractivity contribution is 5.97. The van der Waals surface area contributed by atoms with Crippen LogP contribution in [0.2, 0.25) is 0 Å². The van der Waals surface area contributed by atoms with Crippen molar-refractivity contribution in [2.75, 3.05) is 6.61 Å². The zero-order valence-corrected chi connectivity index (χ0v) is 10.0. The van der Waals surface area contributed by atoms with Crippen molar-refractivity contribution in [3.63, 3.8) is 0 Å². The van der Waals surface area contributed by atoms with Crippen molar-refractivity contribution in [2.45, 2.75) is 39.5 Å². The molecule has 1 rings (SSSR count). The van der Waals surface area contributed by atoms with Crippen molar-refractivity contribution in [1.82, 2.24) is 0 Å². The van der Waals surface area contributed by atoms with Crippen molar-refractivity contribution in [2.24, 2.45) is 11.3 Å². The summed E-state index contributed by atoms with van der Waals surface area (Å²) in [6.07, 6.45) is 5.61. The van der Waals surface area contributed by atoms with Gasteiger partial charge in [0.2, 0.25) is 0 Å². The van der Waals surface area contributed by atoms with Crippen LogP contribution in [0, 0.1) is 11.3 Å². The second-order valence-electron chi connectivity index (χ2n) is 4.23. The van der Waals surface area contributed by atoms with Crippen LogP contribution < -0.4 is 0 Å². The maximum Gasteiger partial charge on any atom is 0.145 e. The van der Waals surface area contributed by atoms with E-state index in [0.717, 1.165) is 23.0 Å². The van der Waals surface area contributed by atoms with Gasteiger partial charge in [-0.05, 0) is 17.8 Å². The molecule has 1 aliphatic rings. The molecule has 1 aliphatic carbocycles. The van der Waals surface area contributed by atoms with Crippen LogP contribution in [0.4, 0.5) is 0 Å². The van der Waals surface area contributed by atoms with Crippen molar-refractivity contribution >= 4 is 10.5 Å². The molecule has 2 unspecified atom stereocenters. The maximum absolute atomic E-state index is 5.39. The van der Waals surface area contributed by atoms with Gasteiger partial charge in [-0.15, -0.1) is 0 Å². The van der Waals surface area contributed by atoms with Gasteiger partial charge in [0.25, 0.3) is 0 Å². The van der Waals surface area contributed by atoms with Gasteiger partial charge < -0.3 is 4.43 Å². The SMILES string of the molecule is CC1CCCCC1(C)CO[SiH3]. The van der Waals surface area contributed by atoms with Gasteiger partial charge in [-0.2, -0.15) is 0 Å². The Morgan fingerprint density at radius 3 is 2.82 bits per heavy atom. The largest absolute Gasteiger partial charge is 0.427 e. The van der Waals surface area contributed by atoms with E-state index in [0.29, 0.717) is 5.41 Å². The molecule has 11 heavy (non-hydrogen) atoms. The van der Waals surface area contributed by atoms with Gasteiger partial charge in [-0.1, -0.05) is 33.1 Å². The van der Waals surface area contributed by atoms with Crippen LogP contribution in [0.3, 0.4) is 0 Å². The standard InChI is InChI=1S/C9H20OSi/c1-8-5-3-4-6-9(8,2)7-10-11/h8H,3-7H2,1-2,11H3. The third-order valence-corrected chi connectivity index (χ3v) is 3.59. The van der Waals surface area contributed by atoms with Crippen LogP contribution in [-0.2, 0) is 4.43 Å². The van der Waals surface area contributed by atoms with Crippen LogP contribution in [0.5, 0.6) is 0 Å². The van der Waals surface area contributed by atoms with E-state index in [1.807, 2.05) is 0 Å². The summed E-state index contributed by atoms with van der Waals surface area (Å²) in [5.41, 5.74) is 0.500. The van der Waals surface area contributed by atoms with Gasteiger partial charge in [0.05, 0.1) is 0 Å². The van der Waals surface area contributed by atoms with Gasteiger partial charge in [0, 0.05) is 6.61 Å². The Labute approximate surface area is 73.1 Å². The zero-order chi connectivity index (χ0) is 8.32. The predicted molar refractivity (Wildman–Crippen MR) is 51.6 cm³/mol. The van der Waals surface area contributed by atoms with Crippen LogP contribution in [0.15, 0.2) is 0 Å². The Bertz CT molecular complexity index is 123. The lowest BCUT2D eigenvalue weighted by atomic mass is 9.69. The summed E-state index contributed by atoms with van der Waals surface area (Å²) in [5, 5.41) is 0. The molecule has 0 heterocycles. The van der Waals surface area contributed by atoms with E-state index in [9.17, 15) is 0 Å². The number of hydrogen-bond acceptors (Lipinski definition) is 1. The fraction of sp³-hybridized carbons (Fsp3) is 1.00. The Morgan fingerprint density at radius 1 is 1.55 bits per heavy atom. The highest BCUT2D eigenvalue weighted by atomic mass is 28.2. The summed E-state index contributed by atoms with van der Waals surface area (Å²) in [5.74, 6) is 0.866. The van der Waals surface area contributed by atoms with Crippen molar-refractivity contribution in [1.29, 1.82) is 0 Å². The first-order valence-electron chi connectivity index (χ1n) is 4.68. The molecule has 0 bridgehead atoms. The molecule has 0 aromatic rings. The average Bonchev–Trinajstić information content (AvgIpc) is 1.96. The molecule has 0 spiro atoms. The van der Waals surface area contributed by atoms with Gasteiger partial charge >= 0.3 is 0 Å². The lowest BCUT2D eigenvalue weighted by Crippen LogP contribution is -2.33. The fourth-order valence-electron chi connectivity index (χ4n) is 2.12. The summed E-state index contributed by atoms with van der Waals surface area (Å²) in [4.78, 5) is 0. The summed E-state index contributed by atoms with van der Waals surface area (Å²) >= 11 is 0. The summed E-state index contributed by atoms with van der Waals surface area (Å²) in [7, 11) is 0.897. The Balaban J connectivity index is 2.49. The van der Waals surface area contributed by atoms with E-state index in [-0.39, 0.29) is 0 Å². The average molecular weight is 172 g/mol. The first-order chi connectivity index (χ1) is 5.19. The molecule has 0 N–H and O–H groups in total. The second kappa shape index (κ2) is 3.72.